The van der Waals surface area contributed by atoms with E-state index in [-0.39, 0.29) is 0 Å². The van der Waals surface area contributed by atoms with Crippen molar-refractivity contribution >= 4 is 98.0 Å². The minimum absolute atomic E-state index is 0.620. The van der Waals surface area contributed by atoms with Crippen LogP contribution in [0.25, 0.3) is 121 Å². The Hall–Kier alpha value is -7.76. The number of hydrogen-bond acceptors (Lipinski definition) is 3. The molecule has 0 spiro atoms. The molecule has 4 aromatic heterocycles. The van der Waals surface area contributed by atoms with Crippen LogP contribution in [0.4, 0.5) is 0 Å². The minimum atomic E-state index is 0.620. The van der Waals surface area contributed by atoms with Gasteiger partial charge in [0.25, 0.3) is 0 Å². The summed E-state index contributed by atoms with van der Waals surface area (Å²) in [4.78, 5) is 10.9. The van der Waals surface area contributed by atoms with E-state index < -0.39 is 0 Å². The third-order valence-corrected chi connectivity index (χ3v) is 11.9. The van der Waals surface area contributed by atoms with Crippen LogP contribution in [0, 0.1) is 0 Å². The first-order valence-corrected chi connectivity index (χ1v) is 19.3. The van der Waals surface area contributed by atoms with E-state index in [1.54, 1.807) is 0 Å². The number of nitrogens with zero attached hydrogens (tertiary/aromatic N) is 4. The summed E-state index contributed by atoms with van der Waals surface area (Å²) in [6.07, 6.45) is 0. The number of benzene rings is 9. The van der Waals surface area contributed by atoms with Gasteiger partial charge in [0, 0.05) is 49.0 Å². The van der Waals surface area contributed by atoms with Gasteiger partial charge < -0.3 is 8.98 Å². The fourth-order valence-electron chi connectivity index (χ4n) is 9.41. The summed E-state index contributed by atoms with van der Waals surface area (Å²) >= 11 is 0. The monoisotopic (exact) mass is 726 g/mol. The van der Waals surface area contributed by atoms with E-state index in [0.717, 1.165) is 66.2 Å². The van der Waals surface area contributed by atoms with E-state index in [1.165, 1.54) is 48.7 Å². The van der Waals surface area contributed by atoms with E-state index in [2.05, 4.69) is 173 Å². The van der Waals surface area contributed by atoms with Crippen LogP contribution in [-0.4, -0.2) is 19.1 Å². The maximum absolute atomic E-state index is 6.37. The quantitative estimate of drug-likeness (QED) is 0.182. The molecule has 5 nitrogen and oxygen atoms in total. The van der Waals surface area contributed by atoms with E-state index in [9.17, 15) is 0 Å². The van der Waals surface area contributed by atoms with Gasteiger partial charge in [-0.25, -0.2) is 9.97 Å². The molecule has 0 amide bonds. The largest absolute Gasteiger partial charge is 0.456 e. The number of furan rings is 1. The Morgan fingerprint density at radius 1 is 0.368 bits per heavy atom. The van der Waals surface area contributed by atoms with Gasteiger partial charge in [0.1, 0.15) is 11.2 Å². The molecule has 0 aliphatic carbocycles. The van der Waals surface area contributed by atoms with Crippen LogP contribution in [-0.2, 0) is 0 Å². The lowest BCUT2D eigenvalue weighted by Crippen LogP contribution is -2.04. The molecule has 9 aromatic carbocycles. The molecule has 5 heteroatoms. The van der Waals surface area contributed by atoms with Crippen molar-refractivity contribution < 1.29 is 4.42 Å². The zero-order chi connectivity index (χ0) is 37.2. The van der Waals surface area contributed by atoms with Gasteiger partial charge in [-0.2, -0.15) is 0 Å². The fraction of sp³-hybridized carbons (Fsp3) is 0. The molecule has 0 saturated carbocycles. The Bertz CT molecular complexity index is 3830. The Kier molecular flexibility index (Phi) is 6.10. The topological polar surface area (TPSA) is 48.8 Å². The number of hydrogen-bond donors (Lipinski definition) is 0. The number of para-hydroxylation sites is 3. The molecule has 264 valence electrons. The maximum atomic E-state index is 6.37. The summed E-state index contributed by atoms with van der Waals surface area (Å²) in [6.45, 7) is 0. The van der Waals surface area contributed by atoms with Gasteiger partial charge in [0.2, 0.25) is 5.95 Å². The van der Waals surface area contributed by atoms with Gasteiger partial charge in [0.15, 0.2) is 0 Å². The first-order chi connectivity index (χ1) is 28.3. The molecular weight excluding hydrogens is 697 g/mol. The average Bonchev–Trinajstić information content (AvgIpc) is 3.92. The smallest absolute Gasteiger partial charge is 0.235 e. The first kappa shape index (κ1) is 30.6. The van der Waals surface area contributed by atoms with E-state index >= 15 is 0 Å². The molecule has 57 heavy (non-hydrogen) atoms. The van der Waals surface area contributed by atoms with Gasteiger partial charge >= 0.3 is 0 Å². The molecule has 0 N–H and O–H groups in total. The highest BCUT2D eigenvalue weighted by Gasteiger charge is 2.22. The Morgan fingerprint density at radius 2 is 1.07 bits per heavy atom. The summed E-state index contributed by atoms with van der Waals surface area (Å²) in [5.74, 6) is 0.620. The zero-order valence-corrected chi connectivity index (χ0v) is 30.5. The highest BCUT2D eigenvalue weighted by Crippen LogP contribution is 2.42. The van der Waals surface area contributed by atoms with Crippen LogP contribution in [0.5, 0.6) is 0 Å². The molecule has 0 aliphatic heterocycles. The Labute approximate surface area is 325 Å². The zero-order valence-electron chi connectivity index (χ0n) is 30.5. The third kappa shape index (κ3) is 4.28. The van der Waals surface area contributed by atoms with Gasteiger partial charge in [-0.05, 0) is 76.1 Å². The average molecular weight is 727 g/mol. The van der Waals surface area contributed by atoms with Crippen LogP contribution in [0.15, 0.2) is 186 Å². The number of aromatic nitrogens is 4. The van der Waals surface area contributed by atoms with Crippen molar-refractivity contribution in [2.75, 3.05) is 0 Å². The van der Waals surface area contributed by atoms with Gasteiger partial charge in [-0.3, -0.25) is 4.57 Å². The minimum Gasteiger partial charge on any atom is -0.456 e. The van der Waals surface area contributed by atoms with Gasteiger partial charge in [-0.1, -0.05) is 127 Å². The fourth-order valence-corrected chi connectivity index (χ4v) is 9.41. The predicted molar refractivity (Wildman–Crippen MR) is 236 cm³/mol. The molecule has 0 fully saturated rings. The third-order valence-electron chi connectivity index (χ3n) is 11.9. The molecule has 13 aromatic rings. The lowest BCUT2D eigenvalue weighted by Gasteiger charge is -2.13. The van der Waals surface area contributed by atoms with Crippen molar-refractivity contribution in [1.82, 2.24) is 19.1 Å². The second-order valence-electron chi connectivity index (χ2n) is 15.0. The van der Waals surface area contributed by atoms with Crippen LogP contribution in [0.2, 0.25) is 0 Å². The molecule has 0 saturated heterocycles. The van der Waals surface area contributed by atoms with E-state index in [0.29, 0.717) is 5.95 Å². The second-order valence-corrected chi connectivity index (χ2v) is 15.0. The lowest BCUT2D eigenvalue weighted by molar-refractivity contribution is 0.669. The van der Waals surface area contributed by atoms with E-state index in [4.69, 9.17) is 14.4 Å². The number of fused-ring (bicyclic) bond motifs is 13. The van der Waals surface area contributed by atoms with Crippen LogP contribution in [0.1, 0.15) is 0 Å². The highest BCUT2D eigenvalue weighted by atomic mass is 16.3. The summed E-state index contributed by atoms with van der Waals surface area (Å²) in [6, 6.07) is 64.8. The SMILES string of the molecule is c1ccc2cc3c(cc2c1)c1ccccc1n3-c1ccc2c3c4ccccc4ccc3n(-c3nc(-c4cccc5oc6ccccc6c45)c4ccccc4n3)c2c1. The second kappa shape index (κ2) is 11.4. The van der Waals surface area contributed by atoms with Crippen molar-refractivity contribution in [2.24, 2.45) is 0 Å². The standard InChI is InChI=1S/C52H30N4O/c1-2-14-33-29-45-41(28-32(33)13-1)36-16-6-9-21-43(36)55(45)34-25-26-38-46(30-34)56(44-27-24-31-12-3-4-15-35(31)49(38)44)52-53-42-20-8-5-17-37(42)51(54-52)40-19-11-23-48-50(40)39-18-7-10-22-47(39)57-48/h1-30H. The van der Waals surface area contributed by atoms with Crippen LogP contribution < -0.4 is 0 Å². The highest BCUT2D eigenvalue weighted by molar-refractivity contribution is 6.22. The summed E-state index contributed by atoms with van der Waals surface area (Å²) in [7, 11) is 0. The summed E-state index contributed by atoms with van der Waals surface area (Å²) in [5.41, 5.74) is 9.98. The maximum Gasteiger partial charge on any atom is 0.235 e. The molecule has 0 radical (unpaired) electrons. The van der Waals surface area contributed by atoms with Crippen LogP contribution >= 0.6 is 0 Å². The molecule has 0 bridgehead atoms. The molecule has 0 aliphatic rings. The summed E-state index contributed by atoms with van der Waals surface area (Å²) in [5, 5.41) is 12.8. The van der Waals surface area contributed by atoms with Crippen molar-refractivity contribution in [1.29, 1.82) is 0 Å². The lowest BCUT2D eigenvalue weighted by atomic mass is 10.0. The first-order valence-electron chi connectivity index (χ1n) is 19.3. The van der Waals surface area contributed by atoms with Gasteiger partial charge in [0.05, 0.1) is 33.3 Å². The Morgan fingerprint density at radius 3 is 1.96 bits per heavy atom. The normalized spacial score (nSPS) is 12.2. The van der Waals surface area contributed by atoms with Crippen molar-refractivity contribution in [2.45, 2.75) is 0 Å². The molecule has 4 heterocycles. The van der Waals surface area contributed by atoms with Gasteiger partial charge in [-0.15, -0.1) is 0 Å². The Balaban J connectivity index is 1.15. The van der Waals surface area contributed by atoms with E-state index in [1.807, 2.05) is 18.2 Å². The molecule has 0 atom stereocenters. The van der Waals surface area contributed by atoms with Crippen molar-refractivity contribution in [3.63, 3.8) is 0 Å². The van der Waals surface area contributed by atoms with Crippen LogP contribution in [0.3, 0.4) is 0 Å². The molecule has 13 rings (SSSR count). The number of rotatable bonds is 3. The predicted octanol–water partition coefficient (Wildman–Crippen LogP) is 13.7. The molecule has 0 unspecified atom stereocenters. The molecular formula is C52H30N4O. The van der Waals surface area contributed by atoms with Crippen molar-refractivity contribution in [3.05, 3.63) is 182 Å². The van der Waals surface area contributed by atoms with Crippen molar-refractivity contribution in [3.8, 4) is 22.9 Å². The summed E-state index contributed by atoms with van der Waals surface area (Å²) < 4.78 is 11.0.